The average Bonchev–Trinajstić information content (AvgIpc) is 2.81. The Labute approximate surface area is 183 Å². The van der Waals surface area contributed by atoms with Crippen LogP contribution in [0.5, 0.6) is 11.5 Å². The van der Waals surface area contributed by atoms with Crippen molar-refractivity contribution in [2.45, 2.75) is 25.4 Å². The van der Waals surface area contributed by atoms with E-state index in [2.05, 4.69) is 35.1 Å². The lowest BCUT2D eigenvalue weighted by molar-refractivity contribution is 0.114. The predicted molar refractivity (Wildman–Crippen MR) is 119 cm³/mol. The molecule has 0 saturated carbocycles. The zero-order chi connectivity index (χ0) is 21.6. The Bertz CT molecular complexity index is 1070. The summed E-state index contributed by atoms with van der Waals surface area (Å²) in [6, 6.07) is 17.7. The van der Waals surface area contributed by atoms with Crippen molar-refractivity contribution in [3.63, 3.8) is 0 Å². The Balaban J connectivity index is 1.44. The second-order valence-corrected chi connectivity index (χ2v) is 7.83. The highest BCUT2D eigenvalue weighted by atomic mass is 16.5. The number of hydrogen-bond donors (Lipinski definition) is 0. The number of likely N-dealkylation sites (tertiary alicyclic amines) is 1. The summed E-state index contributed by atoms with van der Waals surface area (Å²) < 4.78 is 11.4. The van der Waals surface area contributed by atoms with Crippen LogP contribution in [0.3, 0.4) is 0 Å². The zero-order valence-electron chi connectivity index (χ0n) is 17.9. The van der Waals surface area contributed by atoms with Crippen LogP contribution in [0.2, 0.25) is 0 Å². The van der Waals surface area contributed by atoms with Gasteiger partial charge in [0, 0.05) is 31.3 Å². The number of hydrogen-bond acceptors (Lipinski definition) is 6. The molecule has 1 aliphatic heterocycles. The summed E-state index contributed by atoms with van der Waals surface area (Å²) in [5.74, 6) is 2.20. The van der Waals surface area contributed by atoms with E-state index in [1.165, 1.54) is 0 Å². The lowest BCUT2D eigenvalue weighted by Gasteiger charge is -2.29. The average molecular weight is 415 g/mol. The van der Waals surface area contributed by atoms with Crippen molar-refractivity contribution in [1.82, 2.24) is 14.9 Å². The molecule has 4 rings (SSSR count). The first kappa shape index (κ1) is 20.8. The Hall–Kier alpha value is -3.43. The van der Waals surface area contributed by atoms with E-state index in [9.17, 15) is 5.26 Å². The smallest absolute Gasteiger partial charge is 0.136 e. The number of methoxy groups -OCH3 is 1. The van der Waals surface area contributed by atoms with E-state index < -0.39 is 0 Å². The maximum atomic E-state index is 9.33. The molecule has 0 atom stereocenters. The molecule has 158 valence electrons. The van der Waals surface area contributed by atoms with Crippen molar-refractivity contribution in [1.29, 1.82) is 5.26 Å². The molecular weight excluding hydrogens is 388 g/mol. The van der Waals surface area contributed by atoms with Crippen LogP contribution in [0.4, 0.5) is 0 Å². The summed E-state index contributed by atoms with van der Waals surface area (Å²) in [5, 5.41) is 9.33. The van der Waals surface area contributed by atoms with Crippen molar-refractivity contribution in [3.05, 3.63) is 71.7 Å². The van der Waals surface area contributed by atoms with Gasteiger partial charge in [-0.05, 0) is 61.9 Å². The van der Waals surface area contributed by atoms with E-state index in [0.717, 1.165) is 54.3 Å². The van der Waals surface area contributed by atoms with Gasteiger partial charge in [0.1, 0.15) is 29.5 Å². The number of benzene rings is 2. The molecule has 3 aromatic rings. The van der Waals surface area contributed by atoms with Crippen LogP contribution in [-0.4, -0.2) is 48.2 Å². The summed E-state index contributed by atoms with van der Waals surface area (Å²) in [5.41, 5.74) is 3.26. The van der Waals surface area contributed by atoms with Gasteiger partial charge in [0.2, 0.25) is 0 Å². The molecule has 6 nitrogen and oxygen atoms in total. The topological polar surface area (TPSA) is 71.3 Å². The molecule has 1 saturated heterocycles. The Morgan fingerprint density at radius 1 is 1.10 bits per heavy atom. The van der Waals surface area contributed by atoms with Crippen LogP contribution in [0.15, 0.2) is 54.7 Å². The van der Waals surface area contributed by atoms with Crippen LogP contribution >= 0.6 is 0 Å². The number of nitrogens with zero attached hydrogens (tertiary/aromatic N) is 4. The molecule has 0 bridgehead atoms. The highest BCUT2D eigenvalue weighted by molar-refractivity contribution is 5.64. The molecule has 0 N–H and O–H groups in total. The van der Waals surface area contributed by atoms with Crippen LogP contribution in [0, 0.1) is 11.3 Å². The predicted octanol–water partition coefficient (Wildman–Crippen LogP) is 4.09. The lowest BCUT2D eigenvalue weighted by Crippen LogP contribution is -2.35. The van der Waals surface area contributed by atoms with Gasteiger partial charge in [-0.2, -0.15) is 5.26 Å². The summed E-state index contributed by atoms with van der Waals surface area (Å²) in [4.78, 5) is 11.5. The van der Waals surface area contributed by atoms with Crippen molar-refractivity contribution in [2.75, 3.05) is 27.2 Å². The molecule has 0 unspecified atom stereocenters. The van der Waals surface area contributed by atoms with Crippen LogP contribution < -0.4 is 9.47 Å². The number of piperidine rings is 1. The largest absolute Gasteiger partial charge is 0.495 e. The summed E-state index contributed by atoms with van der Waals surface area (Å²) in [6.45, 7) is 2.17. The van der Waals surface area contributed by atoms with E-state index in [0.29, 0.717) is 23.8 Å². The molecule has 0 radical (unpaired) electrons. The maximum Gasteiger partial charge on any atom is 0.136 e. The SMILES string of the molecule is COc1ccc(-c2ccnc(Cc3ccc(OC4CCN(C)CC4)cc3)n2)cc1C#N. The molecule has 2 aromatic carbocycles. The molecule has 1 fully saturated rings. The van der Waals surface area contributed by atoms with E-state index in [-0.39, 0.29) is 0 Å². The monoisotopic (exact) mass is 414 g/mol. The van der Waals surface area contributed by atoms with Gasteiger partial charge in [0.05, 0.1) is 18.4 Å². The van der Waals surface area contributed by atoms with Crippen molar-refractivity contribution in [3.8, 4) is 28.8 Å². The number of rotatable bonds is 6. The molecule has 31 heavy (non-hydrogen) atoms. The third-order valence-electron chi connectivity index (χ3n) is 5.58. The van der Waals surface area contributed by atoms with Crippen molar-refractivity contribution in [2.24, 2.45) is 0 Å². The summed E-state index contributed by atoms with van der Waals surface area (Å²) in [7, 11) is 3.71. The summed E-state index contributed by atoms with van der Waals surface area (Å²) >= 11 is 0. The van der Waals surface area contributed by atoms with E-state index >= 15 is 0 Å². The number of nitriles is 1. The molecule has 1 aliphatic rings. The fraction of sp³-hybridized carbons (Fsp3) is 0.320. The molecular formula is C25H26N4O2. The highest BCUT2D eigenvalue weighted by Gasteiger charge is 2.18. The Morgan fingerprint density at radius 2 is 1.87 bits per heavy atom. The standard InChI is InChI=1S/C25H26N4O2/c1-29-13-10-22(11-14-29)31-21-6-3-18(4-7-21)15-25-27-12-9-23(28-25)19-5-8-24(30-2)20(16-19)17-26/h3-9,12,16,22H,10-11,13-15H2,1-2H3. The van der Waals surface area contributed by atoms with E-state index in [4.69, 9.17) is 14.5 Å². The minimum absolute atomic E-state index is 0.296. The third-order valence-corrected chi connectivity index (χ3v) is 5.58. The zero-order valence-corrected chi connectivity index (χ0v) is 17.9. The molecule has 6 heteroatoms. The van der Waals surface area contributed by atoms with Gasteiger partial charge in [-0.25, -0.2) is 9.97 Å². The first-order valence-electron chi connectivity index (χ1n) is 10.5. The number of ether oxygens (including phenoxy) is 2. The van der Waals surface area contributed by atoms with Gasteiger partial charge in [-0.3, -0.25) is 0 Å². The molecule has 1 aromatic heterocycles. The van der Waals surface area contributed by atoms with Crippen LogP contribution in [-0.2, 0) is 6.42 Å². The van der Waals surface area contributed by atoms with E-state index in [1.54, 1.807) is 25.4 Å². The Morgan fingerprint density at radius 3 is 2.58 bits per heavy atom. The molecule has 2 heterocycles. The van der Waals surface area contributed by atoms with Crippen LogP contribution in [0.1, 0.15) is 29.8 Å². The van der Waals surface area contributed by atoms with Crippen LogP contribution in [0.25, 0.3) is 11.3 Å². The minimum atomic E-state index is 0.296. The lowest BCUT2D eigenvalue weighted by atomic mass is 10.1. The molecule has 0 amide bonds. The van der Waals surface area contributed by atoms with Gasteiger partial charge < -0.3 is 14.4 Å². The summed E-state index contributed by atoms with van der Waals surface area (Å²) in [6.07, 6.45) is 4.81. The number of aromatic nitrogens is 2. The second kappa shape index (κ2) is 9.59. The van der Waals surface area contributed by atoms with Gasteiger partial charge in [-0.15, -0.1) is 0 Å². The third kappa shape index (κ3) is 5.19. The molecule has 0 aliphatic carbocycles. The van der Waals surface area contributed by atoms with Crippen molar-refractivity contribution < 1.29 is 9.47 Å². The second-order valence-electron chi connectivity index (χ2n) is 7.83. The van der Waals surface area contributed by atoms with Gasteiger partial charge in [-0.1, -0.05) is 12.1 Å². The van der Waals surface area contributed by atoms with Gasteiger partial charge in [0.25, 0.3) is 0 Å². The fourth-order valence-electron chi connectivity index (χ4n) is 3.76. The van der Waals surface area contributed by atoms with E-state index in [1.807, 2.05) is 24.3 Å². The maximum absolute atomic E-state index is 9.33. The minimum Gasteiger partial charge on any atom is -0.495 e. The molecule has 0 spiro atoms. The highest BCUT2D eigenvalue weighted by Crippen LogP contribution is 2.25. The first-order valence-corrected chi connectivity index (χ1v) is 10.5. The van der Waals surface area contributed by atoms with Gasteiger partial charge in [0.15, 0.2) is 0 Å². The Kier molecular flexibility index (Phi) is 6.44. The normalized spacial score (nSPS) is 14.7. The fourth-order valence-corrected chi connectivity index (χ4v) is 3.76. The quantitative estimate of drug-likeness (QED) is 0.605. The first-order chi connectivity index (χ1) is 15.1. The van der Waals surface area contributed by atoms with Gasteiger partial charge >= 0.3 is 0 Å². The van der Waals surface area contributed by atoms with Crippen molar-refractivity contribution >= 4 is 0 Å².